The summed E-state index contributed by atoms with van der Waals surface area (Å²) >= 11 is 0. The van der Waals surface area contributed by atoms with Gasteiger partial charge < -0.3 is 5.11 Å². The van der Waals surface area contributed by atoms with E-state index in [1.165, 1.54) is 17.0 Å². The van der Waals surface area contributed by atoms with E-state index in [1.807, 2.05) is 77.1 Å². The number of allylic oxidation sites excluding steroid dienone is 2. The van der Waals surface area contributed by atoms with Crippen LogP contribution in [-0.2, 0) is 30.3 Å². The zero-order chi connectivity index (χ0) is 32.9. The molecule has 0 saturated heterocycles. The van der Waals surface area contributed by atoms with E-state index in [1.54, 1.807) is 0 Å². The van der Waals surface area contributed by atoms with E-state index in [2.05, 4.69) is 55.2 Å². The van der Waals surface area contributed by atoms with Gasteiger partial charge in [0.25, 0.3) is 0 Å². The van der Waals surface area contributed by atoms with E-state index < -0.39 is 0 Å². The maximum Gasteiger partial charge on any atom is 0.162 e. The molecule has 245 valence electrons. The Morgan fingerprint density at radius 1 is 0.870 bits per heavy atom. The Kier molecular flexibility index (Phi) is 12.8. The van der Waals surface area contributed by atoms with Crippen molar-refractivity contribution in [2.75, 3.05) is 0 Å². The summed E-state index contributed by atoms with van der Waals surface area (Å²) in [6.07, 6.45) is 4.91. The summed E-state index contributed by atoms with van der Waals surface area (Å²) in [6.45, 7) is 16.5. The molecule has 0 aliphatic carbocycles. The number of carbonyl (C=O) groups is 1. The van der Waals surface area contributed by atoms with Gasteiger partial charge in [0, 0.05) is 54.5 Å². The molecule has 0 amide bonds. The Hall–Kier alpha value is -3.47. The van der Waals surface area contributed by atoms with Crippen molar-refractivity contribution in [3.8, 4) is 11.3 Å². The number of hydrogen-bond donors (Lipinski definition) is 1. The van der Waals surface area contributed by atoms with Crippen molar-refractivity contribution >= 4 is 38.1 Å². The van der Waals surface area contributed by atoms with Gasteiger partial charge in [-0.05, 0) is 48.8 Å². The van der Waals surface area contributed by atoms with Crippen LogP contribution in [0.25, 0.3) is 43.6 Å². The van der Waals surface area contributed by atoms with Crippen molar-refractivity contribution in [1.82, 2.24) is 10.2 Å². The normalized spacial score (nSPS) is 12.0. The molecule has 0 spiro atoms. The first-order valence-electron chi connectivity index (χ1n) is 16.2. The molecule has 5 rings (SSSR count). The number of aryl methyl sites for hydroxylation is 1. The van der Waals surface area contributed by atoms with E-state index in [0.717, 1.165) is 47.4 Å². The summed E-state index contributed by atoms with van der Waals surface area (Å²) < 4.78 is 15.5. The molecule has 0 aliphatic rings. The van der Waals surface area contributed by atoms with E-state index in [9.17, 15) is 9.90 Å². The molecule has 0 aliphatic heterocycles. The molecule has 46 heavy (non-hydrogen) atoms. The Balaban J connectivity index is 0.000000309. The third-order valence-electron chi connectivity index (χ3n) is 8.82. The quantitative estimate of drug-likeness (QED) is 0.0735. The number of benzene rings is 4. The van der Waals surface area contributed by atoms with Gasteiger partial charge in [0.2, 0.25) is 0 Å². The number of nitrogens with zero attached hydrogens (tertiary/aromatic N) is 2. The number of aliphatic hydroxyl groups is 1. The predicted molar refractivity (Wildman–Crippen MR) is 186 cm³/mol. The molecule has 4 aromatic carbocycles. The third kappa shape index (κ3) is 7.90. The van der Waals surface area contributed by atoms with Crippen LogP contribution in [0.3, 0.4) is 0 Å². The summed E-state index contributed by atoms with van der Waals surface area (Å²) in [6, 6.07) is 23.4. The van der Waals surface area contributed by atoms with Crippen LogP contribution in [0.5, 0.6) is 0 Å². The number of fused-ring (bicyclic) bond motifs is 3. The smallest absolute Gasteiger partial charge is 0.162 e. The second kappa shape index (κ2) is 15.9. The molecule has 0 bridgehead atoms. The minimum Gasteiger partial charge on any atom is -0.512 e. The molecule has 0 atom stereocenters. The number of aromatic nitrogens is 2. The van der Waals surface area contributed by atoms with Crippen molar-refractivity contribution < 1.29 is 34.4 Å². The first-order chi connectivity index (χ1) is 21.4. The van der Waals surface area contributed by atoms with E-state index in [0.29, 0.717) is 22.2 Å². The van der Waals surface area contributed by atoms with Crippen molar-refractivity contribution in [3.63, 3.8) is 0 Å². The number of halogens is 1. The van der Waals surface area contributed by atoms with Crippen LogP contribution in [0.4, 0.5) is 4.39 Å². The summed E-state index contributed by atoms with van der Waals surface area (Å²) in [5, 5.41) is 23.5. The summed E-state index contributed by atoms with van der Waals surface area (Å²) in [5.41, 5.74) is 3.25. The Bertz CT molecular complexity index is 1850. The van der Waals surface area contributed by atoms with Gasteiger partial charge in [-0.2, -0.15) is 10.2 Å². The maximum absolute atomic E-state index is 15.5. The standard InChI is InChI=1S/C27H22FN2.C13H24O2.Ir/c1-16-24-22(14-18-10-6-8-12-21(18)25(24)28)26(30-29-16)19-13-17-9-5-7-11-20(17)23(15-19)27(2,3)4;1-5-10(6-2)12(14)9-13(15)11(7-3)8-4;/h5-12,14-15H,1-4H3;9-11,14H,5-8H2,1-4H3;/q-1;;/b;12-9-;. The Morgan fingerprint density at radius 2 is 1.46 bits per heavy atom. The van der Waals surface area contributed by atoms with Crippen LogP contribution in [0.15, 0.2) is 72.5 Å². The molecule has 1 heterocycles. The van der Waals surface area contributed by atoms with Crippen LogP contribution in [0.1, 0.15) is 85.4 Å². The molecule has 1 radical (unpaired) electrons. The van der Waals surface area contributed by atoms with Gasteiger partial charge in [-0.15, -0.1) is 29.1 Å². The van der Waals surface area contributed by atoms with Crippen molar-refractivity contribution in [3.05, 3.63) is 95.6 Å². The average molecular weight is 798 g/mol. The van der Waals surface area contributed by atoms with Crippen LogP contribution in [0.2, 0.25) is 0 Å². The molecular formula is C40H46FIrN2O2-. The molecule has 0 fully saturated rings. The largest absolute Gasteiger partial charge is 0.512 e. The average Bonchev–Trinajstić information content (AvgIpc) is 3.01. The molecule has 1 aromatic heterocycles. The number of rotatable bonds is 8. The molecule has 0 saturated carbocycles. The van der Waals surface area contributed by atoms with Crippen molar-refractivity contribution in [2.24, 2.45) is 11.8 Å². The second-order valence-corrected chi connectivity index (χ2v) is 12.9. The fraction of sp³-hybridized carbons (Fsp3) is 0.375. The van der Waals surface area contributed by atoms with Gasteiger partial charge in [0.05, 0.1) is 11.5 Å². The molecule has 1 N–H and O–H groups in total. The third-order valence-corrected chi connectivity index (χ3v) is 8.82. The molecular weight excluding hydrogens is 752 g/mol. The van der Waals surface area contributed by atoms with E-state index in [-0.39, 0.29) is 54.7 Å². The van der Waals surface area contributed by atoms with Gasteiger partial charge in [-0.25, -0.2) is 4.39 Å². The van der Waals surface area contributed by atoms with Gasteiger partial charge in [-0.3, -0.25) is 4.79 Å². The number of carbonyl (C=O) groups excluding carboxylic acids is 1. The summed E-state index contributed by atoms with van der Waals surface area (Å²) in [4.78, 5) is 11.7. The van der Waals surface area contributed by atoms with Crippen LogP contribution >= 0.6 is 0 Å². The van der Waals surface area contributed by atoms with Gasteiger partial charge in [0.1, 0.15) is 5.82 Å². The van der Waals surface area contributed by atoms with Crippen molar-refractivity contribution in [1.29, 1.82) is 0 Å². The summed E-state index contributed by atoms with van der Waals surface area (Å²) in [7, 11) is 0. The first kappa shape index (κ1) is 37.0. The fourth-order valence-corrected chi connectivity index (χ4v) is 6.03. The minimum atomic E-state index is -0.242. The topological polar surface area (TPSA) is 63.1 Å². The molecule has 0 unspecified atom stereocenters. The molecule has 6 heteroatoms. The predicted octanol–water partition coefficient (Wildman–Crippen LogP) is 11.0. The number of aliphatic hydroxyl groups excluding tert-OH is 1. The second-order valence-electron chi connectivity index (χ2n) is 12.9. The molecule has 5 aromatic rings. The van der Waals surface area contributed by atoms with Gasteiger partial charge in [0.15, 0.2) is 5.78 Å². The van der Waals surface area contributed by atoms with E-state index in [4.69, 9.17) is 0 Å². The van der Waals surface area contributed by atoms with Crippen LogP contribution < -0.4 is 0 Å². The fourth-order valence-electron chi connectivity index (χ4n) is 6.03. The SMILES string of the molecule is CCC(CC)C(=O)/C=C(\O)C(CC)CC.Cc1nnc(-c2[c-]c3ccccc3c(C(C)(C)C)c2)c2cc3ccccc3c(F)c12.[Ir]. The van der Waals surface area contributed by atoms with Gasteiger partial charge >= 0.3 is 0 Å². The van der Waals surface area contributed by atoms with Crippen molar-refractivity contribution in [2.45, 2.75) is 86.5 Å². The molecule has 4 nitrogen and oxygen atoms in total. The Morgan fingerprint density at radius 3 is 2.07 bits per heavy atom. The first-order valence-corrected chi connectivity index (χ1v) is 16.2. The summed E-state index contributed by atoms with van der Waals surface area (Å²) in [5.74, 6) is 0.305. The zero-order valence-corrected chi connectivity index (χ0v) is 30.7. The van der Waals surface area contributed by atoms with Crippen LogP contribution in [0, 0.1) is 30.6 Å². The number of ketones is 1. The van der Waals surface area contributed by atoms with E-state index >= 15 is 4.39 Å². The van der Waals surface area contributed by atoms with Gasteiger partial charge in [-0.1, -0.05) is 108 Å². The zero-order valence-electron chi connectivity index (χ0n) is 28.3. The Labute approximate surface area is 286 Å². The monoisotopic (exact) mass is 798 g/mol. The number of hydrogen-bond acceptors (Lipinski definition) is 4. The minimum absolute atomic E-state index is 0. The maximum atomic E-state index is 15.5. The van der Waals surface area contributed by atoms with Crippen LogP contribution in [-0.4, -0.2) is 21.1 Å².